The fraction of sp³-hybridized carbons (Fsp3) is 0.583. The number of aryl methyl sites for hydroxylation is 1. The highest BCUT2D eigenvalue weighted by Crippen LogP contribution is 2.28. The lowest BCUT2D eigenvalue weighted by atomic mass is 9.85. The van der Waals surface area contributed by atoms with Crippen LogP contribution >= 0.6 is 0 Å². The van der Waals surface area contributed by atoms with Gasteiger partial charge < -0.3 is 15.2 Å². The van der Waals surface area contributed by atoms with E-state index >= 15 is 0 Å². The first-order valence-corrected chi connectivity index (χ1v) is 6.00. The highest BCUT2D eigenvalue weighted by Gasteiger charge is 2.44. The third-order valence-electron chi connectivity index (χ3n) is 3.30. The lowest BCUT2D eigenvalue weighted by molar-refractivity contribution is -0.125. The molecule has 0 spiro atoms. The monoisotopic (exact) mass is 266 g/mol. The van der Waals surface area contributed by atoms with Crippen LogP contribution in [0, 0.1) is 12.3 Å². The number of hydrogen-bond donors (Lipinski definition) is 2. The lowest BCUT2D eigenvalue weighted by Crippen LogP contribution is -2.47. The van der Waals surface area contributed by atoms with Crippen LogP contribution < -0.4 is 15.8 Å². The van der Waals surface area contributed by atoms with Gasteiger partial charge in [-0.15, -0.1) is 0 Å². The summed E-state index contributed by atoms with van der Waals surface area (Å²) in [4.78, 5) is 20.5. The van der Waals surface area contributed by atoms with E-state index in [-0.39, 0.29) is 17.9 Å². The van der Waals surface area contributed by atoms with Crippen molar-refractivity contribution < 1.29 is 14.3 Å². The second kappa shape index (κ2) is 5.10. The van der Waals surface area contributed by atoms with E-state index in [2.05, 4.69) is 15.3 Å². The van der Waals surface area contributed by atoms with Gasteiger partial charge in [0.2, 0.25) is 17.7 Å². The van der Waals surface area contributed by atoms with Gasteiger partial charge in [0.25, 0.3) is 0 Å². The van der Waals surface area contributed by atoms with Crippen LogP contribution in [-0.2, 0) is 9.53 Å². The minimum Gasteiger partial charge on any atom is -0.481 e. The van der Waals surface area contributed by atoms with Crippen molar-refractivity contribution in [1.29, 1.82) is 0 Å². The summed E-state index contributed by atoms with van der Waals surface area (Å²) in [6.07, 6.45) is 0. The predicted octanol–water partition coefficient (Wildman–Crippen LogP) is 0.0959. The summed E-state index contributed by atoms with van der Waals surface area (Å²) in [7, 11) is 1.51. The van der Waals surface area contributed by atoms with Crippen LogP contribution in [0.1, 0.15) is 12.6 Å². The first-order chi connectivity index (χ1) is 8.95. The molecule has 2 rings (SSSR count). The van der Waals surface area contributed by atoms with Gasteiger partial charge in [-0.1, -0.05) is 0 Å². The molecule has 104 valence electrons. The number of ether oxygens (including phenoxy) is 2. The average Bonchev–Trinajstić information content (AvgIpc) is 2.70. The molecule has 0 bridgehead atoms. The van der Waals surface area contributed by atoms with Crippen LogP contribution in [0.15, 0.2) is 6.07 Å². The first-order valence-electron chi connectivity index (χ1n) is 6.00. The maximum absolute atomic E-state index is 12.3. The van der Waals surface area contributed by atoms with E-state index in [1.54, 1.807) is 19.9 Å². The molecule has 2 unspecified atom stereocenters. The number of carbonyl (C=O) groups is 1. The van der Waals surface area contributed by atoms with Crippen molar-refractivity contribution in [2.24, 2.45) is 11.1 Å². The number of anilines is 1. The summed E-state index contributed by atoms with van der Waals surface area (Å²) in [5.74, 6) is 0.368. The zero-order valence-electron chi connectivity index (χ0n) is 11.3. The molecule has 1 aliphatic heterocycles. The smallest absolute Gasteiger partial charge is 0.236 e. The molecular formula is C12H18N4O3. The van der Waals surface area contributed by atoms with Crippen LogP contribution in [0.25, 0.3) is 0 Å². The molecule has 1 fully saturated rings. The Balaban J connectivity index is 2.17. The summed E-state index contributed by atoms with van der Waals surface area (Å²) in [6, 6.07) is 1.35. The van der Waals surface area contributed by atoms with Gasteiger partial charge >= 0.3 is 0 Å². The Labute approximate surface area is 111 Å². The molecule has 0 radical (unpaired) electrons. The Morgan fingerprint density at radius 3 is 2.95 bits per heavy atom. The Kier molecular flexibility index (Phi) is 3.68. The molecule has 0 saturated carbocycles. The molecule has 19 heavy (non-hydrogen) atoms. The Morgan fingerprint density at radius 2 is 2.37 bits per heavy atom. The van der Waals surface area contributed by atoms with Gasteiger partial charge in [-0.25, -0.2) is 4.98 Å². The average molecular weight is 266 g/mol. The van der Waals surface area contributed by atoms with Crippen molar-refractivity contribution in [2.75, 3.05) is 25.6 Å². The van der Waals surface area contributed by atoms with Crippen LogP contribution in [0.3, 0.4) is 0 Å². The van der Waals surface area contributed by atoms with Crippen molar-refractivity contribution in [3.05, 3.63) is 11.8 Å². The SMILES string of the molecule is COc1cc(C)nc(NC(=O)C2(C)COCC2N)n1. The molecule has 7 heteroatoms. The number of carbonyl (C=O) groups excluding carboxylic acids is 1. The minimum absolute atomic E-state index is 0.210. The van der Waals surface area contributed by atoms with Crippen molar-refractivity contribution in [3.8, 4) is 5.88 Å². The van der Waals surface area contributed by atoms with Gasteiger partial charge in [-0.3, -0.25) is 10.1 Å². The molecule has 0 aliphatic carbocycles. The van der Waals surface area contributed by atoms with Gasteiger partial charge in [0, 0.05) is 17.8 Å². The van der Waals surface area contributed by atoms with Gasteiger partial charge in [-0.2, -0.15) is 4.98 Å². The van der Waals surface area contributed by atoms with E-state index in [1.807, 2.05) is 0 Å². The molecule has 1 saturated heterocycles. The molecule has 3 N–H and O–H groups in total. The number of nitrogens with one attached hydrogen (secondary N) is 1. The number of aromatic nitrogens is 2. The number of nitrogens with two attached hydrogens (primary N) is 1. The maximum atomic E-state index is 12.3. The quantitative estimate of drug-likeness (QED) is 0.804. The molecule has 1 aromatic heterocycles. The second-order valence-corrected chi connectivity index (χ2v) is 4.87. The molecule has 7 nitrogen and oxygen atoms in total. The number of hydrogen-bond acceptors (Lipinski definition) is 6. The zero-order valence-corrected chi connectivity index (χ0v) is 11.3. The molecule has 0 aromatic carbocycles. The fourth-order valence-corrected chi connectivity index (χ4v) is 1.87. The molecule has 1 amide bonds. The van der Waals surface area contributed by atoms with Crippen molar-refractivity contribution >= 4 is 11.9 Å². The lowest BCUT2D eigenvalue weighted by Gasteiger charge is -2.24. The van der Waals surface area contributed by atoms with E-state index in [1.165, 1.54) is 7.11 Å². The number of amides is 1. The van der Waals surface area contributed by atoms with Gasteiger partial charge in [0.05, 0.1) is 25.7 Å². The summed E-state index contributed by atoms with van der Waals surface area (Å²) in [5.41, 5.74) is 5.85. The van der Waals surface area contributed by atoms with Crippen LogP contribution in [0.5, 0.6) is 5.88 Å². The zero-order chi connectivity index (χ0) is 14.0. The highest BCUT2D eigenvalue weighted by atomic mass is 16.5. The molecule has 1 aromatic rings. The van der Waals surface area contributed by atoms with Crippen molar-refractivity contribution in [1.82, 2.24) is 9.97 Å². The van der Waals surface area contributed by atoms with E-state index in [4.69, 9.17) is 15.2 Å². The molecule has 2 atom stereocenters. The molecule has 1 aliphatic rings. The second-order valence-electron chi connectivity index (χ2n) is 4.87. The van der Waals surface area contributed by atoms with E-state index in [0.717, 1.165) is 0 Å². The topological polar surface area (TPSA) is 99.4 Å². The Morgan fingerprint density at radius 1 is 1.63 bits per heavy atom. The fourth-order valence-electron chi connectivity index (χ4n) is 1.87. The van der Waals surface area contributed by atoms with Crippen LogP contribution in [0.4, 0.5) is 5.95 Å². The van der Waals surface area contributed by atoms with E-state index in [9.17, 15) is 4.79 Å². The maximum Gasteiger partial charge on any atom is 0.236 e. The summed E-state index contributed by atoms with van der Waals surface area (Å²) in [6.45, 7) is 4.24. The van der Waals surface area contributed by atoms with Crippen molar-refractivity contribution in [3.63, 3.8) is 0 Å². The van der Waals surface area contributed by atoms with Gasteiger partial charge in [-0.05, 0) is 13.8 Å². The molecule has 2 heterocycles. The van der Waals surface area contributed by atoms with E-state index in [0.29, 0.717) is 24.8 Å². The third-order valence-corrected chi connectivity index (χ3v) is 3.30. The van der Waals surface area contributed by atoms with Crippen LogP contribution in [0.2, 0.25) is 0 Å². The first kappa shape index (κ1) is 13.7. The summed E-state index contributed by atoms with van der Waals surface area (Å²) < 4.78 is 10.3. The van der Waals surface area contributed by atoms with E-state index < -0.39 is 5.41 Å². The normalized spacial score (nSPS) is 26.2. The van der Waals surface area contributed by atoms with Crippen molar-refractivity contribution in [2.45, 2.75) is 19.9 Å². The summed E-state index contributed by atoms with van der Waals surface area (Å²) >= 11 is 0. The Hall–Kier alpha value is -1.73. The highest BCUT2D eigenvalue weighted by molar-refractivity contribution is 5.94. The Bertz CT molecular complexity index is 494. The standard InChI is InChI=1S/C12H18N4O3/c1-7-4-9(18-3)15-11(14-7)16-10(17)12(2)6-19-5-8(12)13/h4,8H,5-6,13H2,1-3H3,(H,14,15,16,17). The minimum atomic E-state index is -0.764. The predicted molar refractivity (Wildman–Crippen MR) is 68.9 cm³/mol. The summed E-state index contributed by atoms with van der Waals surface area (Å²) in [5, 5.41) is 2.67. The van der Waals surface area contributed by atoms with Gasteiger partial charge in [0.1, 0.15) is 0 Å². The van der Waals surface area contributed by atoms with Gasteiger partial charge in [0.15, 0.2) is 0 Å². The third kappa shape index (κ3) is 2.66. The molecular weight excluding hydrogens is 248 g/mol. The number of rotatable bonds is 3. The van der Waals surface area contributed by atoms with Crippen LogP contribution in [-0.4, -0.2) is 42.2 Å². The number of nitrogens with zero attached hydrogens (tertiary/aromatic N) is 2. The largest absolute Gasteiger partial charge is 0.481 e. The number of methoxy groups -OCH3 is 1.